The third kappa shape index (κ3) is 0.857. The van der Waals surface area contributed by atoms with E-state index in [0.29, 0.717) is 0 Å². The molecule has 50 valence electrons. The van der Waals surface area contributed by atoms with E-state index < -0.39 is 0 Å². The molecule has 3 nitrogen and oxygen atoms in total. The largest absolute Gasteiger partial charge is 0.267 e. The van der Waals surface area contributed by atoms with Crippen LogP contribution in [0.25, 0.3) is 0 Å². The van der Waals surface area contributed by atoms with Gasteiger partial charge in [-0.3, -0.25) is 10.0 Å². The van der Waals surface area contributed by atoms with Gasteiger partial charge in [-0.1, -0.05) is 0 Å². The third-order valence-corrected chi connectivity index (χ3v) is 1.39. The Hall–Kier alpha value is -1.38. The highest BCUT2D eigenvalue weighted by Gasteiger charge is 2.05. The van der Waals surface area contributed by atoms with Gasteiger partial charge in [0.1, 0.15) is 0 Å². The molecule has 2 heterocycles. The monoisotopic (exact) mass is 133 g/mol. The zero-order valence-corrected chi connectivity index (χ0v) is 5.44. The number of fused-ring (bicyclic) bond motifs is 2. The lowest BCUT2D eigenvalue weighted by Crippen LogP contribution is -2.15. The van der Waals surface area contributed by atoms with Crippen molar-refractivity contribution in [3.63, 3.8) is 0 Å². The van der Waals surface area contributed by atoms with E-state index in [9.17, 15) is 0 Å². The van der Waals surface area contributed by atoms with Crippen molar-refractivity contribution in [2.24, 2.45) is 10.1 Å². The van der Waals surface area contributed by atoms with E-state index in [-0.39, 0.29) is 0 Å². The molecule has 0 aromatic rings. The molecule has 0 amide bonds. The van der Waals surface area contributed by atoms with Gasteiger partial charge in [0, 0.05) is 18.6 Å². The number of rotatable bonds is 0. The molecular formula is C7H7N3. The average Bonchev–Trinajstić information content (AvgIpc) is 2.12. The molecule has 0 radical (unpaired) electrons. The smallest absolute Gasteiger partial charge is 0.0831 e. The summed E-state index contributed by atoms with van der Waals surface area (Å²) in [7, 11) is 0. The molecule has 0 fully saturated rings. The van der Waals surface area contributed by atoms with Crippen molar-refractivity contribution in [3.8, 4) is 0 Å². The van der Waals surface area contributed by atoms with Crippen LogP contribution in [0.4, 0.5) is 0 Å². The molecule has 0 aromatic carbocycles. The van der Waals surface area contributed by atoms with Gasteiger partial charge in [-0.25, -0.2) is 0 Å². The molecule has 2 bridgehead atoms. The van der Waals surface area contributed by atoms with Crippen molar-refractivity contribution < 1.29 is 0 Å². The van der Waals surface area contributed by atoms with Gasteiger partial charge in [-0.2, -0.15) is 5.10 Å². The van der Waals surface area contributed by atoms with Gasteiger partial charge in [-0.05, 0) is 12.2 Å². The molecule has 2 rings (SSSR count). The third-order valence-electron chi connectivity index (χ3n) is 1.39. The van der Waals surface area contributed by atoms with Crippen molar-refractivity contribution in [1.29, 1.82) is 0 Å². The van der Waals surface area contributed by atoms with Crippen LogP contribution in [0.5, 0.6) is 0 Å². The lowest BCUT2D eigenvalue weighted by molar-refractivity contribution is 0.432. The van der Waals surface area contributed by atoms with Crippen molar-refractivity contribution in [3.05, 3.63) is 24.0 Å². The maximum atomic E-state index is 4.16. The summed E-state index contributed by atoms with van der Waals surface area (Å²) in [5.41, 5.74) is 1.06. The Balaban J connectivity index is 2.37. The van der Waals surface area contributed by atoms with Crippen molar-refractivity contribution >= 4 is 12.4 Å². The molecule has 10 heavy (non-hydrogen) atoms. The quantitative estimate of drug-likeness (QED) is 0.479. The van der Waals surface area contributed by atoms with Crippen LogP contribution in [0.15, 0.2) is 34.1 Å². The Bertz CT molecular complexity index is 240. The summed E-state index contributed by atoms with van der Waals surface area (Å²) >= 11 is 0. The van der Waals surface area contributed by atoms with Crippen LogP contribution in [-0.2, 0) is 0 Å². The van der Waals surface area contributed by atoms with Gasteiger partial charge in [0.25, 0.3) is 0 Å². The summed E-state index contributed by atoms with van der Waals surface area (Å²) in [6.45, 7) is 0.795. The minimum Gasteiger partial charge on any atom is -0.267 e. The second-order valence-corrected chi connectivity index (χ2v) is 2.14. The fourth-order valence-corrected chi connectivity index (χ4v) is 0.916. The number of nitrogens with zero attached hydrogens (tertiary/aromatic N) is 3. The number of allylic oxidation sites excluding steroid dienone is 2. The predicted molar refractivity (Wildman–Crippen MR) is 40.9 cm³/mol. The Morgan fingerprint density at radius 3 is 3.40 bits per heavy atom. The normalized spacial score (nSPS) is 20.8. The average molecular weight is 133 g/mol. The number of hydrogen-bond acceptors (Lipinski definition) is 3. The SMILES string of the molecule is C1=CN2CC(=CC=N2)N=C1. The number of hydrogen-bond donors (Lipinski definition) is 0. The molecule has 0 saturated carbocycles. The molecule has 3 heteroatoms. The van der Waals surface area contributed by atoms with E-state index in [4.69, 9.17) is 0 Å². The van der Waals surface area contributed by atoms with Crippen LogP contribution in [0.3, 0.4) is 0 Å². The highest BCUT2D eigenvalue weighted by molar-refractivity contribution is 5.77. The first-order valence-corrected chi connectivity index (χ1v) is 3.16. The van der Waals surface area contributed by atoms with E-state index >= 15 is 0 Å². The molecule has 0 saturated heterocycles. The van der Waals surface area contributed by atoms with Crippen LogP contribution in [0, 0.1) is 0 Å². The summed E-state index contributed by atoms with van der Waals surface area (Å²) in [5.74, 6) is 0. The molecule has 0 unspecified atom stereocenters. The zero-order valence-electron chi connectivity index (χ0n) is 5.44. The van der Waals surface area contributed by atoms with Gasteiger partial charge in [-0.15, -0.1) is 0 Å². The Morgan fingerprint density at radius 2 is 2.40 bits per heavy atom. The fourth-order valence-electron chi connectivity index (χ4n) is 0.916. The first-order valence-electron chi connectivity index (χ1n) is 3.16. The highest BCUT2D eigenvalue weighted by atomic mass is 15.4. The van der Waals surface area contributed by atoms with E-state index in [2.05, 4.69) is 10.1 Å². The minimum absolute atomic E-state index is 0.795. The molecule has 0 aromatic heterocycles. The van der Waals surface area contributed by atoms with Crippen molar-refractivity contribution in [2.45, 2.75) is 0 Å². The van der Waals surface area contributed by atoms with Crippen LogP contribution in [-0.4, -0.2) is 24.0 Å². The summed E-state index contributed by atoms with van der Waals surface area (Å²) < 4.78 is 0. The molecule has 0 aliphatic carbocycles. The zero-order chi connectivity index (χ0) is 6.81. The van der Waals surface area contributed by atoms with Crippen molar-refractivity contribution in [1.82, 2.24) is 5.01 Å². The van der Waals surface area contributed by atoms with Crippen LogP contribution < -0.4 is 0 Å². The topological polar surface area (TPSA) is 28.0 Å². The lowest BCUT2D eigenvalue weighted by atomic mass is 10.4. The molecule has 0 spiro atoms. The van der Waals surface area contributed by atoms with Crippen LogP contribution in [0.2, 0.25) is 0 Å². The second kappa shape index (κ2) is 2.10. The number of hydrazone groups is 1. The molecule has 0 atom stereocenters. The highest BCUT2D eigenvalue weighted by Crippen LogP contribution is 2.07. The summed E-state index contributed by atoms with van der Waals surface area (Å²) in [5, 5.41) is 5.92. The van der Waals surface area contributed by atoms with E-state index in [1.165, 1.54) is 0 Å². The second-order valence-electron chi connectivity index (χ2n) is 2.14. The summed E-state index contributed by atoms with van der Waals surface area (Å²) in [6, 6.07) is 0. The Labute approximate surface area is 59.1 Å². The Morgan fingerprint density at radius 1 is 1.40 bits per heavy atom. The van der Waals surface area contributed by atoms with Crippen LogP contribution in [0.1, 0.15) is 0 Å². The fraction of sp³-hybridized carbons (Fsp3) is 0.143. The summed E-state index contributed by atoms with van der Waals surface area (Å²) in [6.07, 6.45) is 9.23. The van der Waals surface area contributed by atoms with Gasteiger partial charge in [0.15, 0.2) is 0 Å². The maximum Gasteiger partial charge on any atom is 0.0831 e. The van der Waals surface area contributed by atoms with Gasteiger partial charge >= 0.3 is 0 Å². The first-order chi connectivity index (χ1) is 4.95. The van der Waals surface area contributed by atoms with E-state index in [1.54, 1.807) is 12.4 Å². The first kappa shape index (κ1) is 5.41. The lowest BCUT2D eigenvalue weighted by Gasteiger charge is -2.14. The van der Waals surface area contributed by atoms with Gasteiger partial charge in [0.2, 0.25) is 0 Å². The van der Waals surface area contributed by atoms with Gasteiger partial charge < -0.3 is 0 Å². The standard InChI is InChI=1S/C7H7N3/c1-3-8-7-2-4-9-10(5-1)6-7/h1-5H,6H2. The van der Waals surface area contributed by atoms with E-state index in [1.807, 2.05) is 23.4 Å². The van der Waals surface area contributed by atoms with E-state index in [0.717, 1.165) is 12.2 Å². The minimum atomic E-state index is 0.795. The molecule has 0 N–H and O–H groups in total. The van der Waals surface area contributed by atoms with Gasteiger partial charge in [0.05, 0.1) is 12.2 Å². The Kier molecular flexibility index (Phi) is 1.13. The number of aliphatic imine (C=N–C) groups is 1. The maximum absolute atomic E-state index is 4.16. The predicted octanol–water partition coefficient (Wildman–Crippen LogP) is 0.770. The summed E-state index contributed by atoms with van der Waals surface area (Å²) in [4.78, 5) is 4.16. The van der Waals surface area contributed by atoms with Crippen LogP contribution >= 0.6 is 0 Å². The molecule has 2 aliphatic heterocycles. The molecular weight excluding hydrogens is 126 g/mol. The molecule has 2 aliphatic rings. The van der Waals surface area contributed by atoms with Crippen molar-refractivity contribution in [2.75, 3.05) is 6.54 Å².